The maximum atomic E-state index is 9.55. The van der Waals surface area contributed by atoms with Gasteiger partial charge in [-0.15, -0.1) is 11.3 Å². The van der Waals surface area contributed by atoms with Crippen molar-refractivity contribution >= 4 is 22.3 Å². The number of phenolic OH excluding ortho intramolecular Hbond substituents is 1. The second kappa shape index (κ2) is 3.10. The molecule has 3 rings (SSSR count). The molecule has 0 saturated heterocycles. The fraction of sp³-hybridized carbons (Fsp3) is 0. The van der Waals surface area contributed by atoms with Crippen LogP contribution in [0, 0.1) is 0 Å². The number of phenols is 1. The van der Waals surface area contributed by atoms with Gasteiger partial charge in [0.2, 0.25) is 5.58 Å². The van der Waals surface area contributed by atoms with E-state index in [1.54, 1.807) is 23.5 Å². The molecule has 3 nitrogen and oxygen atoms in total. The number of para-hydroxylation sites is 1. The summed E-state index contributed by atoms with van der Waals surface area (Å²) in [6, 6.07) is 9.20. The summed E-state index contributed by atoms with van der Waals surface area (Å²) >= 11 is 1.60. The summed E-state index contributed by atoms with van der Waals surface area (Å²) in [4.78, 5) is 1.04. The van der Waals surface area contributed by atoms with Crippen LogP contribution >= 0.6 is 11.3 Å². The predicted octanol–water partition coefficient (Wildman–Crippen LogP) is 3.26. The highest BCUT2D eigenvalue weighted by atomic mass is 32.1. The van der Waals surface area contributed by atoms with Crippen molar-refractivity contribution in [3.8, 4) is 16.3 Å². The van der Waals surface area contributed by atoms with Gasteiger partial charge >= 0.3 is 0 Å². The Bertz CT molecular complexity index is 598. The molecule has 0 atom stereocenters. The lowest BCUT2D eigenvalue weighted by Crippen LogP contribution is -1.71. The van der Waals surface area contributed by atoms with Crippen molar-refractivity contribution in [2.24, 2.45) is 0 Å². The van der Waals surface area contributed by atoms with Crippen molar-refractivity contribution in [2.75, 3.05) is 0 Å². The standard InChI is InChI=1S/C11H7NO2S/c13-8-4-1-3-7-10(12-14-11(7)8)9-5-2-6-15-9/h1-6,13H. The maximum absolute atomic E-state index is 9.55. The van der Waals surface area contributed by atoms with E-state index in [9.17, 15) is 5.11 Å². The number of thiophene rings is 1. The number of hydrogen-bond acceptors (Lipinski definition) is 4. The lowest BCUT2D eigenvalue weighted by atomic mass is 10.2. The molecule has 4 heteroatoms. The Morgan fingerprint density at radius 3 is 2.93 bits per heavy atom. The van der Waals surface area contributed by atoms with E-state index in [1.807, 2.05) is 23.6 Å². The molecule has 0 aliphatic heterocycles. The first-order chi connectivity index (χ1) is 7.36. The first-order valence-electron chi connectivity index (χ1n) is 4.47. The van der Waals surface area contributed by atoms with Crippen molar-refractivity contribution in [3.05, 3.63) is 35.7 Å². The van der Waals surface area contributed by atoms with Crippen LogP contribution in [0.1, 0.15) is 0 Å². The Balaban J connectivity index is 2.34. The third-order valence-corrected chi connectivity index (χ3v) is 3.11. The van der Waals surface area contributed by atoms with Gasteiger partial charge in [0.05, 0.1) is 10.3 Å². The molecule has 2 aromatic heterocycles. The van der Waals surface area contributed by atoms with Crippen LogP contribution in [-0.2, 0) is 0 Å². The first kappa shape index (κ1) is 8.49. The van der Waals surface area contributed by atoms with E-state index < -0.39 is 0 Å². The SMILES string of the molecule is Oc1cccc2c(-c3cccs3)noc12. The van der Waals surface area contributed by atoms with E-state index in [-0.39, 0.29) is 5.75 Å². The van der Waals surface area contributed by atoms with Crippen molar-refractivity contribution in [3.63, 3.8) is 0 Å². The van der Waals surface area contributed by atoms with Gasteiger partial charge in [0.1, 0.15) is 5.69 Å². The Hall–Kier alpha value is -1.81. The first-order valence-corrected chi connectivity index (χ1v) is 5.35. The number of aromatic nitrogens is 1. The normalized spacial score (nSPS) is 10.9. The van der Waals surface area contributed by atoms with Gasteiger partial charge in [0.25, 0.3) is 0 Å². The molecule has 15 heavy (non-hydrogen) atoms. The van der Waals surface area contributed by atoms with Gasteiger partial charge in [0.15, 0.2) is 5.75 Å². The van der Waals surface area contributed by atoms with E-state index in [4.69, 9.17) is 4.52 Å². The molecule has 0 bridgehead atoms. The Morgan fingerprint density at radius 2 is 2.13 bits per heavy atom. The molecule has 3 aromatic rings. The minimum atomic E-state index is 0.128. The summed E-state index contributed by atoms with van der Waals surface area (Å²) in [5, 5.41) is 16.4. The molecular formula is C11H7NO2S. The van der Waals surface area contributed by atoms with E-state index in [2.05, 4.69) is 5.16 Å². The van der Waals surface area contributed by atoms with Gasteiger partial charge in [-0.2, -0.15) is 0 Å². The number of benzene rings is 1. The largest absolute Gasteiger partial charge is 0.504 e. The topological polar surface area (TPSA) is 46.3 Å². The molecule has 0 aliphatic carbocycles. The van der Waals surface area contributed by atoms with Crippen LogP contribution in [0.5, 0.6) is 5.75 Å². The van der Waals surface area contributed by atoms with E-state index >= 15 is 0 Å². The van der Waals surface area contributed by atoms with Crippen LogP contribution in [0.15, 0.2) is 40.2 Å². The molecule has 1 N–H and O–H groups in total. The quantitative estimate of drug-likeness (QED) is 0.680. The molecule has 1 aromatic carbocycles. The van der Waals surface area contributed by atoms with Gasteiger partial charge < -0.3 is 9.63 Å². The highest BCUT2D eigenvalue weighted by Gasteiger charge is 2.13. The Labute approximate surface area is 89.6 Å². The number of hydrogen-bond donors (Lipinski definition) is 1. The summed E-state index contributed by atoms with van der Waals surface area (Å²) in [6.45, 7) is 0. The highest BCUT2D eigenvalue weighted by Crippen LogP contribution is 2.34. The van der Waals surface area contributed by atoms with Crippen molar-refractivity contribution < 1.29 is 9.63 Å². The molecular weight excluding hydrogens is 210 g/mol. The fourth-order valence-electron chi connectivity index (χ4n) is 1.54. The summed E-state index contributed by atoms with van der Waals surface area (Å²) in [6.07, 6.45) is 0. The molecule has 0 fully saturated rings. The van der Waals surface area contributed by atoms with Crippen LogP contribution in [-0.4, -0.2) is 10.3 Å². The van der Waals surface area contributed by atoms with Crippen molar-refractivity contribution in [2.45, 2.75) is 0 Å². The zero-order chi connectivity index (χ0) is 10.3. The smallest absolute Gasteiger partial charge is 0.209 e. The minimum Gasteiger partial charge on any atom is -0.504 e. The third-order valence-electron chi connectivity index (χ3n) is 2.23. The maximum Gasteiger partial charge on any atom is 0.209 e. The highest BCUT2D eigenvalue weighted by molar-refractivity contribution is 7.13. The van der Waals surface area contributed by atoms with Gasteiger partial charge in [-0.1, -0.05) is 17.3 Å². The predicted molar refractivity (Wildman–Crippen MR) is 59.0 cm³/mol. The number of fused-ring (bicyclic) bond motifs is 1. The number of nitrogens with zero attached hydrogens (tertiary/aromatic N) is 1. The van der Waals surface area contributed by atoms with Crippen molar-refractivity contribution in [1.29, 1.82) is 0 Å². The Morgan fingerprint density at radius 1 is 1.20 bits per heavy atom. The zero-order valence-corrected chi connectivity index (χ0v) is 8.49. The van der Waals surface area contributed by atoms with Crippen LogP contribution in [0.2, 0.25) is 0 Å². The second-order valence-corrected chi connectivity index (χ2v) is 4.11. The molecule has 0 radical (unpaired) electrons. The van der Waals surface area contributed by atoms with Gasteiger partial charge in [0, 0.05) is 0 Å². The van der Waals surface area contributed by atoms with Gasteiger partial charge in [-0.25, -0.2) is 0 Å². The molecule has 2 heterocycles. The molecule has 0 amide bonds. The number of rotatable bonds is 1. The zero-order valence-electron chi connectivity index (χ0n) is 7.68. The van der Waals surface area contributed by atoms with Crippen molar-refractivity contribution in [1.82, 2.24) is 5.16 Å². The Kier molecular flexibility index (Phi) is 1.76. The summed E-state index contributed by atoms with van der Waals surface area (Å²) < 4.78 is 5.11. The lowest BCUT2D eigenvalue weighted by Gasteiger charge is -1.91. The number of aromatic hydroxyl groups is 1. The van der Waals surface area contributed by atoms with E-state index in [1.165, 1.54) is 0 Å². The minimum absolute atomic E-state index is 0.128. The second-order valence-electron chi connectivity index (χ2n) is 3.16. The van der Waals surface area contributed by atoms with Crippen LogP contribution in [0.4, 0.5) is 0 Å². The molecule has 0 unspecified atom stereocenters. The van der Waals surface area contributed by atoms with E-state index in [0.717, 1.165) is 16.0 Å². The van der Waals surface area contributed by atoms with Crippen LogP contribution in [0.3, 0.4) is 0 Å². The average Bonchev–Trinajstić information content (AvgIpc) is 2.85. The molecule has 74 valence electrons. The van der Waals surface area contributed by atoms with Crippen LogP contribution < -0.4 is 0 Å². The van der Waals surface area contributed by atoms with Crippen LogP contribution in [0.25, 0.3) is 21.5 Å². The summed E-state index contributed by atoms with van der Waals surface area (Å²) in [5.41, 5.74) is 1.23. The fourth-order valence-corrected chi connectivity index (χ4v) is 2.26. The monoisotopic (exact) mass is 217 g/mol. The molecule has 0 aliphatic rings. The average molecular weight is 217 g/mol. The lowest BCUT2D eigenvalue weighted by molar-refractivity contribution is 0.424. The molecule has 0 saturated carbocycles. The van der Waals surface area contributed by atoms with Gasteiger partial charge in [-0.05, 0) is 23.6 Å². The van der Waals surface area contributed by atoms with Gasteiger partial charge in [-0.3, -0.25) is 0 Å². The summed E-state index contributed by atoms with van der Waals surface area (Å²) in [7, 11) is 0. The van der Waals surface area contributed by atoms with E-state index in [0.29, 0.717) is 5.58 Å². The molecule has 0 spiro atoms. The summed E-state index contributed by atoms with van der Waals surface area (Å²) in [5.74, 6) is 0.128. The third kappa shape index (κ3) is 1.22.